The standard InChI is InChI=1S/C10H11ClN2O2/c1-13-9(11)7(4-5-14)12-10(13)8-3-2-6-15-8/h2-3,6,14H,4-5H2,1H3. The summed E-state index contributed by atoms with van der Waals surface area (Å²) in [5.74, 6) is 1.34. The predicted octanol–water partition coefficient (Wildman–Crippen LogP) is 1.87. The Balaban J connectivity index is 2.45. The maximum atomic E-state index is 8.84. The van der Waals surface area contributed by atoms with Gasteiger partial charge in [-0.1, -0.05) is 11.6 Å². The van der Waals surface area contributed by atoms with Gasteiger partial charge >= 0.3 is 0 Å². The van der Waals surface area contributed by atoms with Gasteiger partial charge in [0.2, 0.25) is 0 Å². The van der Waals surface area contributed by atoms with Crippen molar-refractivity contribution >= 4 is 11.6 Å². The summed E-state index contributed by atoms with van der Waals surface area (Å²) in [6.45, 7) is 0.0360. The van der Waals surface area contributed by atoms with Gasteiger partial charge in [-0.2, -0.15) is 0 Å². The largest absolute Gasteiger partial charge is 0.461 e. The smallest absolute Gasteiger partial charge is 0.177 e. The van der Waals surface area contributed by atoms with Crippen molar-refractivity contribution in [1.82, 2.24) is 9.55 Å². The number of hydrogen-bond donors (Lipinski definition) is 1. The van der Waals surface area contributed by atoms with Gasteiger partial charge in [0.25, 0.3) is 0 Å². The molecule has 0 fully saturated rings. The molecule has 2 aromatic rings. The lowest BCUT2D eigenvalue weighted by molar-refractivity contribution is 0.298. The number of aliphatic hydroxyl groups excluding tert-OH is 1. The van der Waals surface area contributed by atoms with E-state index in [0.29, 0.717) is 28.9 Å². The van der Waals surface area contributed by atoms with E-state index in [-0.39, 0.29) is 6.61 Å². The lowest BCUT2D eigenvalue weighted by Gasteiger charge is -1.97. The van der Waals surface area contributed by atoms with Crippen molar-refractivity contribution in [1.29, 1.82) is 0 Å². The fraction of sp³-hybridized carbons (Fsp3) is 0.300. The second kappa shape index (κ2) is 4.08. The van der Waals surface area contributed by atoms with Crippen LogP contribution in [0.2, 0.25) is 5.15 Å². The number of aliphatic hydroxyl groups is 1. The molecule has 0 aromatic carbocycles. The van der Waals surface area contributed by atoms with Gasteiger partial charge in [0.1, 0.15) is 5.15 Å². The molecule has 4 nitrogen and oxygen atoms in total. The minimum Gasteiger partial charge on any atom is -0.461 e. The summed E-state index contributed by atoms with van der Waals surface area (Å²) in [6, 6.07) is 3.62. The van der Waals surface area contributed by atoms with Crippen molar-refractivity contribution in [2.75, 3.05) is 6.61 Å². The number of hydrogen-bond acceptors (Lipinski definition) is 3. The monoisotopic (exact) mass is 226 g/mol. The molecule has 0 bridgehead atoms. The summed E-state index contributed by atoms with van der Waals surface area (Å²) in [4.78, 5) is 4.32. The minimum atomic E-state index is 0.0360. The van der Waals surface area contributed by atoms with Crippen molar-refractivity contribution in [2.24, 2.45) is 7.05 Å². The SMILES string of the molecule is Cn1c(-c2ccco2)nc(CCO)c1Cl. The maximum Gasteiger partial charge on any atom is 0.177 e. The van der Waals surface area contributed by atoms with Gasteiger partial charge < -0.3 is 14.1 Å². The van der Waals surface area contributed by atoms with E-state index in [1.807, 2.05) is 13.1 Å². The van der Waals surface area contributed by atoms with Crippen LogP contribution in [-0.4, -0.2) is 21.3 Å². The summed E-state index contributed by atoms with van der Waals surface area (Å²) in [5.41, 5.74) is 0.688. The summed E-state index contributed by atoms with van der Waals surface area (Å²) >= 11 is 6.06. The molecule has 0 saturated heterocycles. The lowest BCUT2D eigenvalue weighted by atomic mass is 10.3. The second-order valence-electron chi connectivity index (χ2n) is 3.18. The van der Waals surface area contributed by atoms with Gasteiger partial charge in [-0.05, 0) is 12.1 Å². The van der Waals surface area contributed by atoms with Gasteiger partial charge in [0.15, 0.2) is 11.6 Å². The van der Waals surface area contributed by atoms with E-state index >= 15 is 0 Å². The molecule has 0 aliphatic rings. The molecule has 2 heterocycles. The Morgan fingerprint density at radius 2 is 2.40 bits per heavy atom. The van der Waals surface area contributed by atoms with E-state index in [4.69, 9.17) is 21.1 Å². The average molecular weight is 227 g/mol. The van der Waals surface area contributed by atoms with E-state index < -0.39 is 0 Å². The third-order valence-corrected chi connectivity index (χ3v) is 2.65. The molecule has 0 unspecified atom stereocenters. The van der Waals surface area contributed by atoms with Crippen molar-refractivity contribution in [3.8, 4) is 11.6 Å². The van der Waals surface area contributed by atoms with Crippen molar-refractivity contribution < 1.29 is 9.52 Å². The highest BCUT2D eigenvalue weighted by molar-refractivity contribution is 6.30. The normalized spacial score (nSPS) is 10.9. The van der Waals surface area contributed by atoms with Crippen LogP contribution in [0.25, 0.3) is 11.6 Å². The molecule has 0 aliphatic heterocycles. The van der Waals surface area contributed by atoms with Crippen molar-refractivity contribution in [2.45, 2.75) is 6.42 Å². The van der Waals surface area contributed by atoms with Crippen LogP contribution in [0.15, 0.2) is 22.8 Å². The fourth-order valence-corrected chi connectivity index (χ4v) is 1.64. The van der Waals surface area contributed by atoms with E-state index in [1.165, 1.54) is 0 Å². The molecule has 0 atom stereocenters. The Bertz CT molecular complexity index is 448. The van der Waals surface area contributed by atoms with Crippen LogP contribution in [0.1, 0.15) is 5.69 Å². The van der Waals surface area contributed by atoms with Crippen LogP contribution in [-0.2, 0) is 13.5 Å². The van der Waals surface area contributed by atoms with Crippen LogP contribution in [0.3, 0.4) is 0 Å². The molecular weight excluding hydrogens is 216 g/mol. The van der Waals surface area contributed by atoms with E-state index in [0.717, 1.165) is 0 Å². The number of furan rings is 1. The van der Waals surface area contributed by atoms with Gasteiger partial charge in [-0.25, -0.2) is 4.98 Å². The summed E-state index contributed by atoms with van der Waals surface area (Å²) in [6.07, 6.45) is 2.04. The Kier molecular flexibility index (Phi) is 2.79. The van der Waals surface area contributed by atoms with Crippen LogP contribution in [0.5, 0.6) is 0 Å². The fourth-order valence-electron chi connectivity index (χ4n) is 1.43. The Morgan fingerprint density at radius 3 is 3.00 bits per heavy atom. The lowest BCUT2D eigenvalue weighted by Crippen LogP contribution is -1.92. The third-order valence-electron chi connectivity index (χ3n) is 2.18. The Hall–Kier alpha value is -1.26. The number of aromatic nitrogens is 2. The van der Waals surface area contributed by atoms with E-state index in [9.17, 15) is 0 Å². The van der Waals surface area contributed by atoms with Crippen LogP contribution in [0, 0.1) is 0 Å². The minimum absolute atomic E-state index is 0.0360. The van der Waals surface area contributed by atoms with Crippen LogP contribution >= 0.6 is 11.6 Å². The molecule has 15 heavy (non-hydrogen) atoms. The maximum absolute atomic E-state index is 8.84. The topological polar surface area (TPSA) is 51.2 Å². The summed E-state index contributed by atoms with van der Waals surface area (Å²) in [7, 11) is 1.81. The molecule has 2 rings (SSSR count). The molecule has 0 spiro atoms. The van der Waals surface area contributed by atoms with Crippen LogP contribution < -0.4 is 0 Å². The molecule has 2 aromatic heterocycles. The van der Waals surface area contributed by atoms with Crippen molar-refractivity contribution in [3.05, 3.63) is 29.2 Å². The highest BCUT2D eigenvalue weighted by Crippen LogP contribution is 2.25. The number of rotatable bonds is 3. The van der Waals surface area contributed by atoms with Gasteiger partial charge in [-0.15, -0.1) is 0 Å². The molecule has 80 valence electrons. The first kappa shape index (κ1) is 10.3. The highest BCUT2D eigenvalue weighted by atomic mass is 35.5. The first-order valence-corrected chi connectivity index (χ1v) is 4.97. The molecule has 1 N–H and O–H groups in total. The van der Waals surface area contributed by atoms with Gasteiger partial charge in [-0.3, -0.25) is 0 Å². The highest BCUT2D eigenvalue weighted by Gasteiger charge is 2.15. The molecule has 5 heteroatoms. The Labute approximate surface area is 92.1 Å². The zero-order valence-electron chi connectivity index (χ0n) is 8.27. The zero-order chi connectivity index (χ0) is 10.8. The zero-order valence-corrected chi connectivity index (χ0v) is 9.03. The second-order valence-corrected chi connectivity index (χ2v) is 3.54. The summed E-state index contributed by atoms with van der Waals surface area (Å²) in [5, 5.41) is 9.38. The molecule has 0 amide bonds. The number of imidazole rings is 1. The first-order valence-electron chi connectivity index (χ1n) is 4.60. The molecule has 0 radical (unpaired) electrons. The van der Waals surface area contributed by atoms with Crippen LogP contribution in [0.4, 0.5) is 0 Å². The predicted molar refractivity (Wildman–Crippen MR) is 56.7 cm³/mol. The van der Waals surface area contributed by atoms with E-state index in [1.54, 1.807) is 16.9 Å². The number of nitrogens with zero attached hydrogens (tertiary/aromatic N) is 2. The summed E-state index contributed by atoms with van der Waals surface area (Å²) < 4.78 is 6.98. The quantitative estimate of drug-likeness (QED) is 0.869. The van der Waals surface area contributed by atoms with Crippen molar-refractivity contribution in [3.63, 3.8) is 0 Å². The molecular formula is C10H11ClN2O2. The number of halogens is 1. The molecule has 0 saturated carbocycles. The Morgan fingerprint density at radius 1 is 1.60 bits per heavy atom. The first-order chi connectivity index (χ1) is 7.24. The van der Waals surface area contributed by atoms with E-state index in [2.05, 4.69) is 4.98 Å². The van der Waals surface area contributed by atoms with Gasteiger partial charge in [0, 0.05) is 20.1 Å². The average Bonchev–Trinajstić information content (AvgIpc) is 2.82. The third kappa shape index (κ3) is 1.78. The van der Waals surface area contributed by atoms with Gasteiger partial charge in [0.05, 0.1) is 12.0 Å². The molecule has 0 aliphatic carbocycles.